The summed E-state index contributed by atoms with van der Waals surface area (Å²) in [5.41, 5.74) is 0.384. The van der Waals surface area contributed by atoms with E-state index in [1.54, 1.807) is 30.3 Å². The number of hydrogen-bond acceptors (Lipinski definition) is 5. The van der Waals surface area contributed by atoms with Gasteiger partial charge in [0.2, 0.25) is 0 Å². The van der Waals surface area contributed by atoms with Crippen molar-refractivity contribution in [1.82, 2.24) is 0 Å². The summed E-state index contributed by atoms with van der Waals surface area (Å²) >= 11 is 0. The van der Waals surface area contributed by atoms with E-state index in [0.29, 0.717) is 5.56 Å². The normalized spacial score (nSPS) is 30.3. The Balaban J connectivity index is 1.88. The van der Waals surface area contributed by atoms with Crippen molar-refractivity contribution < 1.29 is 28.5 Å². The van der Waals surface area contributed by atoms with Crippen molar-refractivity contribution in [3.8, 4) is 0 Å². The van der Waals surface area contributed by atoms with Gasteiger partial charge in [0.15, 0.2) is 12.5 Å². The highest BCUT2D eigenvalue weighted by molar-refractivity contribution is 5.89. The molecule has 1 heterocycles. The van der Waals surface area contributed by atoms with Gasteiger partial charge < -0.3 is 19.3 Å². The smallest absolute Gasteiger partial charge is 0.338 e. The number of alkyl halides is 1. The molecule has 0 saturated carbocycles. The van der Waals surface area contributed by atoms with Crippen LogP contribution in [0.1, 0.15) is 10.4 Å². The number of benzene rings is 1. The Morgan fingerprint density at radius 1 is 1.42 bits per heavy atom. The van der Waals surface area contributed by atoms with Crippen molar-refractivity contribution in [2.45, 2.75) is 24.7 Å². The molecule has 19 heavy (non-hydrogen) atoms. The Labute approximate surface area is 109 Å². The second-order valence-corrected chi connectivity index (χ2v) is 4.18. The lowest BCUT2D eigenvalue weighted by Crippen LogP contribution is -2.32. The SMILES string of the molecule is CO[C@@H]1O[C@H](COC(=O)c2ccccc2)[C@@H](O)[C@@H]1F. The van der Waals surface area contributed by atoms with E-state index in [9.17, 15) is 14.3 Å². The van der Waals surface area contributed by atoms with Gasteiger partial charge in [-0.15, -0.1) is 0 Å². The highest BCUT2D eigenvalue weighted by atomic mass is 19.1. The van der Waals surface area contributed by atoms with Crippen LogP contribution in [0, 0.1) is 0 Å². The number of aliphatic hydroxyl groups excluding tert-OH is 1. The molecule has 0 bridgehead atoms. The van der Waals surface area contributed by atoms with Gasteiger partial charge in [-0.2, -0.15) is 0 Å². The number of methoxy groups -OCH3 is 1. The van der Waals surface area contributed by atoms with Crippen LogP contribution in [0.5, 0.6) is 0 Å². The van der Waals surface area contributed by atoms with Crippen molar-refractivity contribution >= 4 is 5.97 Å². The molecule has 0 aliphatic carbocycles. The number of carbonyl (C=O) groups excluding carboxylic acids is 1. The van der Waals surface area contributed by atoms with Gasteiger partial charge in [-0.05, 0) is 12.1 Å². The van der Waals surface area contributed by atoms with Gasteiger partial charge in [0.05, 0.1) is 5.56 Å². The molecule has 1 aliphatic heterocycles. The second kappa shape index (κ2) is 6.10. The first-order valence-corrected chi connectivity index (χ1v) is 5.86. The molecule has 1 aromatic carbocycles. The van der Waals surface area contributed by atoms with Crippen LogP contribution < -0.4 is 0 Å². The average molecular weight is 270 g/mol. The summed E-state index contributed by atoms with van der Waals surface area (Å²) in [7, 11) is 1.28. The summed E-state index contributed by atoms with van der Waals surface area (Å²) < 4.78 is 28.2. The molecule has 6 heteroatoms. The summed E-state index contributed by atoms with van der Waals surface area (Å²) in [6.45, 7) is -0.227. The number of ether oxygens (including phenoxy) is 3. The minimum absolute atomic E-state index is 0.227. The fourth-order valence-corrected chi connectivity index (χ4v) is 1.83. The van der Waals surface area contributed by atoms with E-state index in [2.05, 4.69) is 0 Å². The third-order valence-electron chi connectivity index (χ3n) is 2.90. The molecule has 1 saturated heterocycles. The fraction of sp³-hybridized carbons (Fsp3) is 0.462. The predicted octanol–water partition coefficient (Wildman–Crippen LogP) is 0.914. The zero-order chi connectivity index (χ0) is 13.8. The van der Waals surface area contributed by atoms with E-state index in [-0.39, 0.29) is 6.61 Å². The Hall–Kier alpha value is -1.50. The van der Waals surface area contributed by atoms with E-state index in [4.69, 9.17) is 14.2 Å². The first kappa shape index (κ1) is 13.9. The van der Waals surface area contributed by atoms with Crippen molar-refractivity contribution in [2.24, 2.45) is 0 Å². The Morgan fingerprint density at radius 2 is 2.11 bits per heavy atom. The number of aliphatic hydroxyl groups is 1. The average Bonchev–Trinajstić information content (AvgIpc) is 2.73. The van der Waals surface area contributed by atoms with Crippen molar-refractivity contribution in [1.29, 1.82) is 0 Å². The van der Waals surface area contributed by atoms with Crippen molar-refractivity contribution in [2.75, 3.05) is 13.7 Å². The monoisotopic (exact) mass is 270 g/mol. The molecule has 1 aromatic rings. The van der Waals surface area contributed by atoms with Crippen LogP contribution in [-0.2, 0) is 14.2 Å². The van der Waals surface area contributed by atoms with Gasteiger partial charge in [-0.1, -0.05) is 18.2 Å². The Kier molecular flexibility index (Phi) is 4.47. The maximum absolute atomic E-state index is 13.4. The molecule has 0 amide bonds. The first-order valence-electron chi connectivity index (χ1n) is 5.86. The summed E-state index contributed by atoms with van der Waals surface area (Å²) in [6.07, 6.45) is -5.07. The lowest BCUT2D eigenvalue weighted by atomic mass is 10.1. The third kappa shape index (κ3) is 3.09. The summed E-state index contributed by atoms with van der Waals surface area (Å²) in [6, 6.07) is 8.39. The maximum Gasteiger partial charge on any atom is 0.338 e. The molecule has 104 valence electrons. The zero-order valence-corrected chi connectivity index (χ0v) is 10.4. The highest BCUT2D eigenvalue weighted by Crippen LogP contribution is 2.24. The van der Waals surface area contributed by atoms with E-state index in [0.717, 1.165) is 0 Å². The standard InChI is InChI=1S/C13H15FO5/c1-17-13-10(14)11(15)9(19-13)7-18-12(16)8-5-3-2-4-6-8/h2-6,9-11,13,15H,7H2,1H3/t9-,10+,11-,13-/m1/s1. The first-order chi connectivity index (χ1) is 9.13. The zero-order valence-electron chi connectivity index (χ0n) is 10.4. The topological polar surface area (TPSA) is 65.0 Å². The van der Waals surface area contributed by atoms with E-state index in [1.807, 2.05) is 0 Å². The van der Waals surface area contributed by atoms with E-state index >= 15 is 0 Å². The van der Waals surface area contributed by atoms with Gasteiger partial charge in [0, 0.05) is 7.11 Å². The second-order valence-electron chi connectivity index (χ2n) is 4.18. The number of esters is 1. The van der Waals surface area contributed by atoms with Crippen LogP contribution in [0.15, 0.2) is 30.3 Å². The molecule has 4 atom stereocenters. The highest BCUT2D eigenvalue weighted by Gasteiger charge is 2.45. The molecule has 0 radical (unpaired) electrons. The van der Waals surface area contributed by atoms with Crippen molar-refractivity contribution in [3.63, 3.8) is 0 Å². The Bertz CT molecular complexity index is 424. The summed E-state index contributed by atoms with van der Waals surface area (Å²) in [4.78, 5) is 11.7. The van der Waals surface area contributed by atoms with E-state index in [1.165, 1.54) is 7.11 Å². The number of rotatable bonds is 4. The third-order valence-corrected chi connectivity index (χ3v) is 2.90. The lowest BCUT2D eigenvalue weighted by molar-refractivity contribution is -0.142. The van der Waals surface area contributed by atoms with Crippen LogP contribution in [-0.4, -0.2) is 49.5 Å². The molecule has 2 rings (SSSR count). The Morgan fingerprint density at radius 3 is 2.68 bits per heavy atom. The minimum Gasteiger partial charge on any atom is -0.459 e. The lowest BCUT2D eigenvalue weighted by Gasteiger charge is -2.14. The minimum atomic E-state index is -1.65. The number of hydrogen-bond donors (Lipinski definition) is 1. The molecule has 5 nitrogen and oxygen atoms in total. The fourth-order valence-electron chi connectivity index (χ4n) is 1.83. The molecule has 0 spiro atoms. The van der Waals surface area contributed by atoms with Crippen LogP contribution in [0.4, 0.5) is 4.39 Å². The van der Waals surface area contributed by atoms with Crippen LogP contribution >= 0.6 is 0 Å². The van der Waals surface area contributed by atoms with Gasteiger partial charge in [-0.3, -0.25) is 0 Å². The van der Waals surface area contributed by atoms with Crippen LogP contribution in [0.25, 0.3) is 0 Å². The number of carbonyl (C=O) groups is 1. The molecular formula is C13H15FO5. The molecule has 1 aliphatic rings. The van der Waals surface area contributed by atoms with Crippen LogP contribution in [0.2, 0.25) is 0 Å². The summed E-state index contributed by atoms with van der Waals surface area (Å²) in [5, 5.41) is 9.57. The molecule has 0 aromatic heterocycles. The van der Waals surface area contributed by atoms with Gasteiger partial charge in [0.1, 0.15) is 18.8 Å². The molecule has 0 unspecified atom stereocenters. The largest absolute Gasteiger partial charge is 0.459 e. The maximum atomic E-state index is 13.4. The van der Waals surface area contributed by atoms with Gasteiger partial charge >= 0.3 is 5.97 Å². The molecule has 1 fully saturated rings. The number of halogens is 1. The molecular weight excluding hydrogens is 255 g/mol. The summed E-state index contributed by atoms with van der Waals surface area (Å²) in [5.74, 6) is -0.548. The van der Waals surface area contributed by atoms with Gasteiger partial charge in [0.25, 0.3) is 0 Å². The molecule has 1 N–H and O–H groups in total. The van der Waals surface area contributed by atoms with E-state index < -0.39 is 30.6 Å². The van der Waals surface area contributed by atoms with Crippen molar-refractivity contribution in [3.05, 3.63) is 35.9 Å². The van der Waals surface area contributed by atoms with Gasteiger partial charge in [-0.25, -0.2) is 9.18 Å². The quantitative estimate of drug-likeness (QED) is 0.824. The predicted molar refractivity (Wildman–Crippen MR) is 63.3 cm³/mol. The van der Waals surface area contributed by atoms with Crippen LogP contribution in [0.3, 0.4) is 0 Å².